The number of benzene rings is 1. The summed E-state index contributed by atoms with van der Waals surface area (Å²) in [6, 6.07) is 7.46. The van der Waals surface area contributed by atoms with Crippen molar-refractivity contribution >= 4 is 52.5 Å². The van der Waals surface area contributed by atoms with Crippen molar-refractivity contribution in [2.45, 2.75) is 0 Å². The van der Waals surface area contributed by atoms with E-state index in [2.05, 4.69) is 0 Å². The molecule has 2 amide bonds. The summed E-state index contributed by atoms with van der Waals surface area (Å²) in [5.41, 5.74) is 0.489. The second-order valence-corrected chi connectivity index (χ2v) is 6.76. The topological polar surface area (TPSA) is 125 Å². The molecule has 2 N–H and O–H groups in total. The fourth-order valence-corrected chi connectivity index (χ4v) is 3.41. The number of carbonyl (C=O) groups is 4. The molecule has 2 aromatic rings. The maximum absolute atomic E-state index is 12.1. The number of nitrogens with zero attached hydrogens (tertiary/aromatic N) is 1. The van der Waals surface area contributed by atoms with Crippen LogP contribution >= 0.6 is 23.4 Å². The van der Waals surface area contributed by atoms with Crippen molar-refractivity contribution in [3.8, 4) is 11.3 Å². The summed E-state index contributed by atoms with van der Waals surface area (Å²) in [5, 5.41) is 17.1. The molecule has 0 aliphatic carbocycles. The second kappa shape index (κ2) is 7.29. The Bertz CT molecular complexity index is 1010. The van der Waals surface area contributed by atoms with E-state index < -0.39 is 29.6 Å². The molecule has 0 unspecified atom stereocenters. The molecule has 10 heteroatoms. The highest BCUT2D eigenvalue weighted by molar-refractivity contribution is 8.18. The number of furan rings is 1. The van der Waals surface area contributed by atoms with Gasteiger partial charge in [0.2, 0.25) is 0 Å². The first-order valence-electron chi connectivity index (χ1n) is 7.36. The molecule has 0 saturated carbocycles. The van der Waals surface area contributed by atoms with Crippen LogP contribution in [-0.2, 0) is 9.59 Å². The summed E-state index contributed by atoms with van der Waals surface area (Å²) >= 11 is 6.56. The van der Waals surface area contributed by atoms with Crippen LogP contribution in [0.4, 0.5) is 4.79 Å². The molecule has 1 saturated heterocycles. The number of carboxylic acids is 2. The van der Waals surface area contributed by atoms with Crippen LogP contribution in [0.15, 0.2) is 39.7 Å². The lowest BCUT2D eigenvalue weighted by molar-refractivity contribution is -0.140. The second-order valence-electron chi connectivity index (χ2n) is 5.36. The first-order valence-corrected chi connectivity index (χ1v) is 8.56. The fraction of sp³-hybridized carbons (Fsp3) is 0.0588. The number of aliphatic carboxylic acids is 1. The van der Waals surface area contributed by atoms with Crippen molar-refractivity contribution < 1.29 is 33.8 Å². The Kier molecular flexibility index (Phi) is 5.06. The van der Waals surface area contributed by atoms with E-state index >= 15 is 0 Å². The normalized spacial score (nSPS) is 15.6. The summed E-state index contributed by atoms with van der Waals surface area (Å²) in [5.74, 6) is -2.50. The lowest BCUT2D eigenvalue weighted by Crippen LogP contribution is -2.33. The molecule has 1 aliphatic rings. The number of carboxylic acid groups (broad SMARTS) is 2. The molecule has 1 aliphatic heterocycles. The van der Waals surface area contributed by atoms with Crippen LogP contribution in [0.1, 0.15) is 16.1 Å². The van der Waals surface area contributed by atoms with Gasteiger partial charge in [-0.15, -0.1) is 0 Å². The van der Waals surface area contributed by atoms with Gasteiger partial charge in [-0.1, -0.05) is 17.7 Å². The smallest absolute Gasteiger partial charge is 0.337 e. The molecule has 0 spiro atoms. The average molecular weight is 408 g/mol. The number of hydrogen-bond acceptors (Lipinski definition) is 6. The van der Waals surface area contributed by atoms with Crippen LogP contribution in [0.2, 0.25) is 5.02 Å². The van der Waals surface area contributed by atoms with Crippen LogP contribution in [0.5, 0.6) is 0 Å². The molecule has 0 atom stereocenters. The number of rotatable bonds is 5. The van der Waals surface area contributed by atoms with Crippen molar-refractivity contribution in [1.82, 2.24) is 4.90 Å². The van der Waals surface area contributed by atoms with Crippen LogP contribution in [0, 0.1) is 0 Å². The summed E-state index contributed by atoms with van der Waals surface area (Å²) < 4.78 is 5.59. The number of aromatic carboxylic acids is 1. The maximum Gasteiger partial charge on any atom is 0.337 e. The quantitative estimate of drug-likeness (QED) is 0.722. The van der Waals surface area contributed by atoms with Crippen LogP contribution in [-0.4, -0.2) is 44.7 Å². The molecule has 3 rings (SSSR count). The van der Waals surface area contributed by atoms with Gasteiger partial charge in [-0.3, -0.25) is 19.3 Å². The molecular formula is C17H10ClNO7S. The minimum absolute atomic E-state index is 0.0423. The molecule has 0 radical (unpaired) electrons. The van der Waals surface area contributed by atoms with Gasteiger partial charge in [-0.2, -0.15) is 0 Å². The number of halogens is 1. The van der Waals surface area contributed by atoms with E-state index in [4.69, 9.17) is 26.2 Å². The zero-order chi connectivity index (χ0) is 19.7. The van der Waals surface area contributed by atoms with Crippen molar-refractivity contribution in [1.29, 1.82) is 0 Å². The number of amides is 2. The Morgan fingerprint density at radius 3 is 2.56 bits per heavy atom. The molecular weight excluding hydrogens is 398 g/mol. The molecule has 0 bridgehead atoms. The first kappa shape index (κ1) is 18.7. The maximum atomic E-state index is 12.1. The van der Waals surface area contributed by atoms with E-state index in [1.54, 1.807) is 12.1 Å². The van der Waals surface area contributed by atoms with Gasteiger partial charge in [0.15, 0.2) is 0 Å². The van der Waals surface area contributed by atoms with Gasteiger partial charge in [-0.05, 0) is 36.0 Å². The third kappa shape index (κ3) is 3.88. The predicted molar refractivity (Wildman–Crippen MR) is 96.4 cm³/mol. The van der Waals surface area contributed by atoms with Crippen molar-refractivity contribution in [3.05, 3.63) is 51.6 Å². The third-order valence-corrected chi connectivity index (χ3v) is 4.77. The van der Waals surface area contributed by atoms with Gasteiger partial charge in [0.25, 0.3) is 11.1 Å². The molecule has 1 aromatic heterocycles. The molecule has 2 heterocycles. The van der Waals surface area contributed by atoms with Gasteiger partial charge >= 0.3 is 11.9 Å². The number of hydrogen-bond donors (Lipinski definition) is 2. The van der Waals surface area contributed by atoms with Gasteiger partial charge in [0, 0.05) is 11.6 Å². The Hall–Kier alpha value is -3.04. The lowest BCUT2D eigenvalue weighted by Gasteiger charge is -2.07. The minimum Gasteiger partial charge on any atom is -0.480 e. The van der Waals surface area contributed by atoms with E-state index in [0.29, 0.717) is 28.0 Å². The highest BCUT2D eigenvalue weighted by Gasteiger charge is 2.36. The highest BCUT2D eigenvalue weighted by Crippen LogP contribution is 2.33. The predicted octanol–water partition coefficient (Wildman–Crippen LogP) is 3.42. The molecule has 1 fully saturated rings. The lowest BCUT2D eigenvalue weighted by atomic mass is 10.1. The summed E-state index contributed by atoms with van der Waals surface area (Å²) in [7, 11) is 0. The van der Waals surface area contributed by atoms with E-state index in [-0.39, 0.29) is 21.3 Å². The van der Waals surface area contributed by atoms with E-state index in [1.807, 2.05) is 0 Å². The minimum atomic E-state index is -1.29. The molecule has 8 nitrogen and oxygen atoms in total. The molecule has 1 aromatic carbocycles. The van der Waals surface area contributed by atoms with E-state index in [1.165, 1.54) is 24.3 Å². The van der Waals surface area contributed by atoms with Crippen molar-refractivity contribution in [2.75, 3.05) is 6.54 Å². The Labute approximate surface area is 161 Å². The number of carbonyl (C=O) groups excluding carboxylic acids is 2. The molecule has 27 heavy (non-hydrogen) atoms. The average Bonchev–Trinajstić information content (AvgIpc) is 3.15. The Morgan fingerprint density at radius 2 is 1.93 bits per heavy atom. The van der Waals surface area contributed by atoms with Crippen molar-refractivity contribution in [2.24, 2.45) is 0 Å². The first-order chi connectivity index (χ1) is 12.8. The number of thioether (sulfide) groups is 1. The van der Waals surface area contributed by atoms with Gasteiger partial charge in [0.1, 0.15) is 18.1 Å². The van der Waals surface area contributed by atoms with E-state index in [0.717, 1.165) is 0 Å². The largest absolute Gasteiger partial charge is 0.480 e. The van der Waals surface area contributed by atoms with Crippen LogP contribution in [0.3, 0.4) is 0 Å². The summed E-state index contributed by atoms with van der Waals surface area (Å²) in [4.78, 5) is 46.3. The third-order valence-electron chi connectivity index (χ3n) is 3.55. The highest BCUT2D eigenvalue weighted by atomic mass is 35.5. The summed E-state index contributed by atoms with van der Waals surface area (Å²) in [6.07, 6.45) is 1.34. The van der Waals surface area contributed by atoms with Gasteiger partial charge < -0.3 is 14.6 Å². The Morgan fingerprint density at radius 1 is 1.19 bits per heavy atom. The van der Waals surface area contributed by atoms with E-state index in [9.17, 15) is 19.2 Å². The standard InChI is InChI=1S/C17H10ClNO7S/c18-11-5-8(1-3-10(11)16(23)24)12-4-2-9(26-12)6-13-15(22)19(7-14(20)21)17(25)27-13/h1-6H,7H2,(H,20,21)(H,23,24)/b13-6+. The monoisotopic (exact) mass is 407 g/mol. The number of imide groups is 1. The van der Waals surface area contributed by atoms with Crippen molar-refractivity contribution in [3.63, 3.8) is 0 Å². The fourth-order valence-electron chi connectivity index (χ4n) is 2.33. The SMILES string of the molecule is O=C(O)CN1C(=O)S/C(=C/c2ccc(-c3ccc(C(=O)O)c(Cl)c3)o2)C1=O. The zero-order valence-electron chi connectivity index (χ0n) is 13.3. The van der Waals surface area contributed by atoms with Gasteiger partial charge in [-0.25, -0.2) is 4.79 Å². The summed E-state index contributed by atoms with van der Waals surface area (Å²) in [6.45, 7) is -0.708. The van der Waals surface area contributed by atoms with Crippen LogP contribution in [0.25, 0.3) is 17.4 Å². The van der Waals surface area contributed by atoms with Crippen LogP contribution < -0.4 is 0 Å². The van der Waals surface area contributed by atoms with Gasteiger partial charge in [0.05, 0.1) is 15.5 Å². The Balaban J connectivity index is 1.84. The zero-order valence-corrected chi connectivity index (χ0v) is 14.9. The molecule has 138 valence electrons.